The molecule has 0 aliphatic heterocycles. The number of unbranched alkanes of at least 4 members (excludes halogenated alkanes) is 32. The van der Waals surface area contributed by atoms with Gasteiger partial charge < -0.3 is 28.5 Å². The van der Waals surface area contributed by atoms with E-state index in [1.54, 1.807) is 0 Å². The van der Waals surface area contributed by atoms with Crippen molar-refractivity contribution in [3.05, 3.63) is 97.2 Å². The Labute approximate surface area is 513 Å². The molecule has 0 aromatic carbocycles. The zero-order valence-corrected chi connectivity index (χ0v) is 55.8. The first-order valence-electron chi connectivity index (χ1n) is 34.5. The lowest BCUT2D eigenvalue weighted by Gasteiger charge is -2.30. The van der Waals surface area contributed by atoms with Gasteiger partial charge in [0.15, 0.2) is 0 Å². The van der Waals surface area contributed by atoms with E-state index in [0.29, 0.717) is 17.4 Å². The SMILES string of the molecule is CC/C=C\C/C=C\C/C=C\C/C=C\C/C=C\C/C=C\CCC(=O)NC(COP(=O)([O-])OCC[N+](C)(C)C)C(/C=C\CCCCCCCCCCCCC)OC(=O)CCCCCCCCCCCCCCCCC/C=C/CCCCCCCC. The standard InChI is InChI=1S/C73H131N2O7P/c1-7-10-13-16-19-22-25-28-30-32-34-35-36-37-38-39-41-43-45-48-51-54-57-60-63-66-73(77)82-71(64-61-58-55-52-49-46-27-24-21-18-15-12-9-3)70(69-81-83(78,79)80-68-67-75(4,5)6)74-72(76)65-62-59-56-53-50-47-44-42-40-33-31-29-26-23-20-17-14-11-8-2/h11,14,20,23,28-31,40,42,47,50,56,59,61,64,70-71H,7-10,12-13,15-19,21-22,24-27,32-39,41,43-46,48-49,51-55,57-58,60,62-63,65-69H2,1-6H3,(H-,74,76,78,79)/b14-11-,23-20-,30-28+,31-29-,42-40-,50-47-,59-56-,64-61-. The number of allylic oxidation sites excluding steroid dienone is 15. The predicted molar refractivity (Wildman–Crippen MR) is 358 cm³/mol. The van der Waals surface area contributed by atoms with E-state index < -0.39 is 26.6 Å². The maximum Gasteiger partial charge on any atom is 0.306 e. The van der Waals surface area contributed by atoms with Gasteiger partial charge in [-0.1, -0.05) is 292 Å². The molecular weight excluding hydrogens is 1050 g/mol. The van der Waals surface area contributed by atoms with Crippen LogP contribution in [0.2, 0.25) is 0 Å². The molecule has 1 N–H and O–H groups in total. The van der Waals surface area contributed by atoms with E-state index in [1.165, 1.54) is 186 Å². The molecule has 1 amide bonds. The number of esters is 1. The second kappa shape index (κ2) is 62.0. The minimum Gasteiger partial charge on any atom is -0.756 e. The van der Waals surface area contributed by atoms with Crippen LogP contribution in [0, 0.1) is 0 Å². The van der Waals surface area contributed by atoms with E-state index in [0.717, 1.165) is 77.0 Å². The minimum atomic E-state index is -4.73. The molecule has 0 aliphatic rings. The summed E-state index contributed by atoms with van der Waals surface area (Å²) in [5.41, 5.74) is 0. The number of rotatable bonds is 62. The van der Waals surface area contributed by atoms with Crippen LogP contribution in [-0.4, -0.2) is 69.4 Å². The summed E-state index contributed by atoms with van der Waals surface area (Å²) < 4.78 is 30.4. The van der Waals surface area contributed by atoms with Gasteiger partial charge in [-0.05, 0) is 96.0 Å². The van der Waals surface area contributed by atoms with Gasteiger partial charge in [0.25, 0.3) is 7.82 Å². The van der Waals surface area contributed by atoms with Gasteiger partial charge in [0.1, 0.15) is 19.3 Å². The molecule has 480 valence electrons. The molecule has 0 heterocycles. The number of hydrogen-bond acceptors (Lipinski definition) is 7. The largest absolute Gasteiger partial charge is 0.756 e. The van der Waals surface area contributed by atoms with Gasteiger partial charge in [-0.15, -0.1) is 0 Å². The van der Waals surface area contributed by atoms with Gasteiger partial charge in [0.05, 0.1) is 33.8 Å². The Hall–Kier alpha value is -3.07. The maximum absolute atomic E-state index is 13.5. The van der Waals surface area contributed by atoms with Gasteiger partial charge in [-0.2, -0.15) is 0 Å². The Morgan fingerprint density at radius 2 is 0.783 bits per heavy atom. The minimum absolute atomic E-state index is 0.0389. The number of nitrogens with zero attached hydrogens (tertiary/aromatic N) is 1. The third kappa shape index (κ3) is 63.3. The highest BCUT2D eigenvalue weighted by Crippen LogP contribution is 2.38. The van der Waals surface area contributed by atoms with Crippen LogP contribution >= 0.6 is 7.82 Å². The predicted octanol–water partition coefficient (Wildman–Crippen LogP) is 21.3. The molecule has 0 saturated carbocycles. The van der Waals surface area contributed by atoms with Crippen molar-refractivity contribution >= 4 is 19.7 Å². The van der Waals surface area contributed by atoms with Gasteiger partial charge in [-0.25, -0.2) is 0 Å². The molecule has 0 radical (unpaired) electrons. The summed E-state index contributed by atoms with van der Waals surface area (Å²) in [4.78, 5) is 40.1. The zero-order valence-electron chi connectivity index (χ0n) is 54.9. The normalized spacial score (nSPS) is 14.2. The number of ether oxygens (including phenoxy) is 1. The molecule has 83 heavy (non-hydrogen) atoms. The Balaban J connectivity index is 5.20. The van der Waals surface area contributed by atoms with Crippen LogP contribution in [0.15, 0.2) is 97.2 Å². The number of phosphoric acid groups is 1. The molecule has 3 unspecified atom stereocenters. The molecule has 0 aliphatic carbocycles. The van der Waals surface area contributed by atoms with Crippen molar-refractivity contribution < 1.29 is 37.3 Å². The monoisotopic (exact) mass is 1180 g/mol. The van der Waals surface area contributed by atoms with E-state index in [4.69, 9.17) is 13.8 Å². The number of carbonyl (C=O) groups excluding carboxylic acids is 2. The molecule has 0 rings (SSSR count). The fourth-order valence-corrected chi connectivity index (χ4v) is 10.4. The molecule has 9 nitrogen and oxygen atoms in total. The first kappa shape index (κ1) is 79.9. The van der Waals surface area contributed by atoms with Crippen molar-refractivity contribution in [2.75, 3.05) is 40.9 Å². The number of quaternary nitrogens is 1. The number of likely N-dealkylation sites (N-methyl/N-ethyl adjacent to an activating group) is 1. The molecule has 0 aromatic rings. The summed E-state index contributed by atoms with van der Waals surface area (Å²) >= 11 is 0. The molecule has 0 aromatic heterocycles. The summed E-state index contributed by atoms with van der Waals surface area (Å²) in [5, 5.41) is 2.99. The van der Waals surface area contributed by atoms with Gasteiger partial charge in [-0.3, -0.25) is 14.2 Å². The first-order valence-corrected chi connectivity index (χ1v) is 36.0. The van der Waals surface area contributed by atoms with E-state index >= 15 is 0 Å². The number of nitrogens with one attached hydrogen (secondary N) is 1. The summed E-state index contributed by atoms with van der Waals surface area (Å²) in [6, 6.07) is -0.934. The van der Waals surface area contributed by atoms with Crippen molar-refractivity contribution in [1.82, 2.24) is 5.32 Å². The molecule has 0 fully saturated rings. The van der Waals surface area contributed by atoms with E-state index in [1.807, 2.05) is 45.4 Å². The topological polar surface area (TPSA) is 114 Å². The summed E-state index contributed by atoms with van der Waals surface area (Å²) in [5.74, 6) is -0.634. The van der Waals surface area contributed by atoms with Crippen LogP contribution in [0.5, 0.6) is 0 Å². The van der Waals surface area contributed by atoms with E-state index in [2.05, 4.69) is 99.0 Å². The lowest BCUT2D eigenvalue weighted by atomic mass is 10.0. The lowest BCUT2D eigenvalue weighted by Crippen LogP contribution is -2.47. The van der Waals surface area contributed by atoms with Gasteiger partial charge in [0.2, 0.25) is 5.91 Å². The number of hydrogen-bond donors (Lipinski definition) is 1. The molecule has 10 heteroatoms. The Morgan fingerprint density at radius 3 is 1.18 bits per heavy atom. The molecule has 0 bridgehead atoms. The second-order valence-corrected chi connectivity index (χ2v) is 25.7. The number of carbonyl (C=O) groups is 2. The van der Waals surface area contributed by atoms with Crippen LogP contribution in [0.25, 0.3) is 0 Å². The number of amides is 1. The van der Waals surface area contributed by atoms with Crippen molar-refractivity contribution in [1.29, 1.82) is 0 Å². The van der Waals surface area contributed by atoms with Gasteiger partial charge in [0, 0.05) is 12.8 Å². The molecule has 0 saturated heterocycles. The Morgan fingerprint density at radius 1 is 0.434 bits per heavy atom. The van der Waals surface area contributed by atoms with Crippen LogP contribution in [-0.2, 0) is 27.9 Å². The molecule has 3 atom stereocenters. The fourth-order valence-electron chi connectivity index (χ4n) is 9.72. The lowest BCUT2D eigenvalue weighted by molar-refractivity contribution is -0.870. The summed E-state index contributed by atoms with van der Waals surface area (Å²) in [6.45, 7) is 6.69. The summed E-state index contributed by atoms with van der Waals surface area (Å²) in [7, 11) is 1.14. The van der Waals surface area contributed by atoms with Crippen LogP contribution in [0.1, 0.15) is 303 Å². The average molecular weight is 1180 g/mol. The van der Waals surface area contributed by atoms with Crippen LogP contribution in [0.4, 0.5) is 0 Å². The van der Waals surface area contributed by atoms with Crippen molar-refractivity contribution in [2.24, 2.45) is 0 Å². The third-order valence-electron chi connectivity index (χ3n) is 15.0. The zero-order chi connectivity index (χ0) is 60.7. The molecular formula is C73H131N2O7P. The third-order valence-corrected chi connectivity index (χ3v) is 16.0. The average Bonchev–Trinajstić information content (AvgIpc) is 3.47. The molecule has 0 spiro atoms. The van der Waals surface area contributed by atoms with Crippen molar-refractivity contribution in [2.45, 2.75) is 315 Å². The van der Waals surface area contributed by atoms with Crippen molar-refractivity contribution in [3.63, 3.8) is 0 Å². The van der Waals surface area contributed by atoms with E-state index in [-0.39, 0.29) is 31.3 Å². The number of phosphoric ester groups is 1. The van der Waals surface area contributed by atoms with E-state index in [9.17, 15) is 19.0 Å². The van der Waals surface area contributed by atoms with Crippen molar-refractivity contribution in [3.8, 4) is 0 Å². The highest BCUT2D eigenvalue weighted by molar-refractivity contribution is 7.45. The summed E-state index contributed by atoms with van der Waals surface area (Å²) in [6.07, 6.45) is 84.1. The highest BCUT2D eigenvalue weighted by atomic mass is 31.2. The quantitative estimate of drug-likeness (QED) is 0.0212. The fraction of sp³-hybridized carbons (Fsp3) is 0.753. The maximum atomic E-state index is 13.5. The van der Waals surface area contributed by atoms with Crippen LogP contribution in [0.3, 0.4) is 0 Å². The van der Waals surface area contributed by atoms with Crippen LogP contribution < -0.4 is 10.2 Å². The smallest absolute Gasteiger partial charge is 0.306 e. The Bertz CT molecular complexity index is 1740. The Kier molecular flexibility index (Phi) is 59.7. The highest BCUT2D eigenvalue weighted by Gasteiger charge is 2.27. The van der Waals surface area contributed by atoms with Gasteiger partial charge >= 0.3 is 5.97 Å². The second-order valence-electron chi connectivity index (χ2n) is 24.3. The first-order chi connectivity index (χ1) is 40.4.